The van der Waals surface area contributed by atoms with Gasteiger partial charge in [0.05, 0.1) is 5.02 Å². The zero-order valence-corrected chi connectivity index (χ0v) is 12.6. The molecule has 2 unspecified atom stereocenters. The molecule has 2 aromatic rings. The van der Waals surface area contributed by atoms with Gasteiger partial charge in [-0.05, 0) is 35.7 Å². The minimum atomic E-state index is -0.330. The van der Waals surface area contributed by atoms with Gasteiger partial charge < -0.3 is 4.74 Å². The quantitative estimate of drug-likeness (QED) is 0.762. The Morgan fingerprint density at radius 2 is 1.81 bits per heavy atom. The van der Waals surface area contributed by atoms with E-state index >= 15 is 0 Å². The summed E-state index contributed by atoms with van der Waals surface area (Å²) in [6.07, 6.45) is 4.16. The summed E-state index contributed by atoms with van der Waals surface area (Å²) in [4.78, 5) is 15.8. The van der Waals surface area contributed by atoms with Crippen molar-refractivity contribution in [2.45, 2.75) is 24.9 Å². The fraction of sp³-hybridized carbons (Fsp3) is 0.250. The maximum absolute atomic E-state index is 11.7. The molecule has 108 valence electrons. The van der Waals surface area contributed by atoms with Gasteiger partial charge in [0.2, 0.25) is 0 Å². The number of carbonyl (C=O) groups excluding carboxylic acids is 1. The van der Waals surface area contributed by atoms with Gasteiger partial charge in [0, 0.05) is 29.8 Å². The maximum Gasteiger partial charge on any atom is 0.306 e. The monoisotopic (exact) mass is 321 g/mol. The summed E-state index contributed by atoms with van der Waals surface area (Å²) in [7, 11) is 0. The zero-order chi connectivity index (χ0) is 14.8. The van der Waals surface area contributed by atoms with Crippen LogP contribution in [0.4, 0.5) is 0 Å². The first-order valence-corrected chi connectivity index (χ1v) is 7.44. The Morgan fingerprint density at radius 1 is 1.05 bits per heavy atom. The predicted molar refractivity (Wildman–Crippen MR) is 81.5 cm³/mol. The van der Waals surface area contributed by atoms with E-state index in [2.05, 4.69) is 4.98 Å². The molecule has 21 heavy (non-hydrogen) atoms. The van der Waals surface area contributed by atoms with Gasteiger partial charge in [-0.1, -0.05) is 35.3 Å². The number of esters is 1. The van der Waals surface area contributed by atoms with Crippen LogP contribution in [0.2, 0.25) is 10.0 Å². The first-order chi connectivity index (χ1) is 10.1. The van der Waals surface area contributed by atoms with Crippen LogP contribution in [0.25, 0.3) is 0 Å². The maximum atomic E-state index is 11.7. The minimum absolute atomic E-state index is 0.0510. The average Bonchev–Trinajstić information content (AvgIpc) is 2.48. The molecule has 3 rings (SSSR count). The number of rotatable bonds is 2. The summed E-state index contributed by atoms with van der Waals surface area (Å²) in [5, 5.41) is 1.24. The molecule has 0 N–H and O–H groups in total. The fourth-order valence-corrected chi connectivity index (χ4v) is 2.94. The van der Waals surface area contributed by atoms with E-state index in [1.54, 1.807) is 24.5 Å². The number of benzene rings is 1. The molecule has 1 aromatic heterocycles. The first-order valence-electron chi connectivity index (χ1n) is 6.69. The van der Waals surface area contributed by atoms with Crippen LogP contribution >= 0.6 is 23.2 Å². The molecule has 0 aliphatic carbocycles. The summed E-state index contributed by atoms with van der Waals surface area (Å²) < 4.78 is 5.57. The number of carbonyl (C=O) groups is 1. The van der Waals surface area contributed by atoms with Crippen LogP contribution in [0.15, 0.2) is 42.7 Å². The summed E-state index contributed by atoms with van der Waals surface area (Å²) in [5.74, 6) is -0.128. The Morgan fingerprint density at radius 3 is 2.52 bits per heavy atom. The molecule has 3 nitrogen and oxygen atoms in total. The highest BCUT2D eigenvalue weighted by Gasteiger charge is 2.33. The van der Waals surface area contributed by atoms with Crippen molar-refractivity contribution in [1.29, 1.82) is 0 Å². The van der Waals surface area contributed by atoms with Gasteiger partial charge in [-0.15, -0.1) is 0 Å². The number of halogens is 2. The van der Waals surface area contributed by atoms with Crippen LogP contribution in [-0.2, 0) is 9.53 Å². The van der Waals surface area contributed by atoms with Crippen LogP contribution in [-0.4, -0.2) is 11.0 Å². The number of pyridine rings is 1. The van der Waals surface area contributed by atoms with Gasteiger partial charge >= 0.3 is 5.97 Å². The van der Waals surface area contributed by atoms with Gasteiger partial charge in [-0.2, -0.15) is 0 Å². The minimum Gasteiger partial charge on any atom is -0.457 e. The van der Waals surface area contributed by atoms with Crippen LogP contribution < -0.4 is 0 Å². The smallest absolute Gasteiger partial charge is 0.306 e. The van der Waals surface area contributed by atoms with E-state index in [4.69, 9.17) is 27.9 Å². The van der Waals surface area contributed by atoms with Gasteiger partial charge in [0.15, 0.2) is 0 Å². The van der Waals surface area contributed by atoms with E-state index in [1.165, 1.54) is 0 Å². The number of hydrogen-bond acceptors (Lipinski definition) is 3. The lowest BCUT2D eigenvalue weighted by Crippen LogP contribution is -2.24. The van der Waals surface area contributed by atoms with E-state index < -0.39 is 0 Å². The predicted octanol–water partition coefficient (Wildman–Crippen LogP) is 4.55. The topological polar surface area (TPSA) is 39.2 Å². The Kier molecular flexibility index (Phi) is 4.13. The highest BCUT2D eigenvalue weighted by Crippen LogP contribution is 2.41. The molecule has 0 amide bonds. The SMILES string of the molecule is O=C1CCC(c2cncc(Cl)c2)C(c2ccc(Cl)cc2)O1. The van der Waals surface area contributed by atoms with Crippen LogP contribution in [0.1, 0.15) is 36.0 Å². The normalized spacial score (nSPS) is 21.9. The molecule has 5 heteroatoms. The molecule has 1 fully saturated rings. The zero-order valence-electron chi connectivity index (χ0n) is 11.1. The molecule has 2 atom stereocenters. The van der Waals surface area contributed by atoms with E-state index in [-0.39, 0.29) is 18.0 Å². The molecule has 0 spiro atoms. The highest BCUT2D eigenvalue weighted by molar-refractivity contribution is 6.30. The Hall–Kier alpha value is -1.58. The van der Waals surface area contributed by atoms with Crippen molar-refractivity contribution in [3.63, 3.8) is 0 Å². The second-order valence-corrected chi connectivity index (χ2v) is 5.92. The molecule has 1 aliphatic heterocycles. The Bertz CT molecular complexity index is 658. The van der Waals surface area contributed by atoms with Crippen molar-refractivity contribution in [2.75, 3.05) is 0 Å². The molecule has 0 radical (unpaired) electrons. The first kappa shape index (κ1) is 14.4. The lowest BCUT2D eigenvalue weighted by molar-refractivity contribution is -0.155. The lowest BCUT2D eigenvalue weighted by Gasteiger charge is -2.31. The molecule has 1 aromatic carbocycles. The summed E-state index contributed by atoms with van der Waals surface area (Å²) >= 11 is 11.9. The van der Waals surface area contributed by atoms with Gasteiger partial charge in [-0.25, -0.2) is 0 Å². The Labute approximate surface area is 132 Å². The second-order valence-electron chi connectivity index (χ2n) is 5.04. The number of ether oxygens (including phenoxy) is 1. The summed E-state index contributed by atoms with van der Waals surface area (Å²) in [6, 6.07) is 9.24. The molecule has 0 saturated carbocycles. The van der Waals surface area contributed by atoms with Crippen molar-refractivity contribution in [3.05, 3.63) is 63.9 Å². The van der Waals surface area contributed by atoms with E-state index in [9.17, 15) is 4.79 Å². The van der Waals surface area contributed by atoms with E-state index in [0.29, 0.717) is 22.9 Å². The number of cyclic esters (lactones) is 1. The molecule has 0 bridgehead atoms. The summed E-state index contributed by atoms with van der Waals surface area (Å²) in [6.45, 7) is 0. The van der Waals surface area contributed by atoms with Gasteiger partial charge in [-0.3, -0.25) is 9.78 Å². The standard InChI is InChI=1S/C16H13Cl2NO2/c17-12-3-1-10(2-4-12)16-14(5-6-15(20)21-16)11-7-13(18)9-19-8-11/h1-4,7-9,14,16H,5-6H2. The lowest BCUT2D eigenvalue weighted by atomic mass is 9.84. The molecular weight excluding hydrogens is 309 g/mol. The molecule has 2 heterocycles. The third-order valence-corrected chi connectivity index (χ3v) is 4.09. The van der Waals surface area contributed by atoms with Crippen molar-refractivity contribution >= 4 is 29.2 Å². The van der Waals surface area contributed by atoms with Crippen molar-refractivity contribution in [2.24, 2.45) is 0 Å². The second kappa shape index (κ2) is 6.04. The van der Waals surface area contributed by atoms with Gasteiger partial charge in [0.1, 0.15) is 6.10 Å². The molecule has 1 aliphatic rings. The highest BCUT2D eigenvalue weighted by atomic mass is 35.5. The third kappa shape index (κ3) is 3.20. The van der Waals surface area contributed by atoms with Crippen molar-refractivity contribution < 1.29 is 9.53 Å². The number of nitrogens with zero attached hydrogens (tertiary/aromatic N) is 1. The molecule has 1 saturated heterocycles. The van der Waals surface area contributed by atoms with Crippen LogP contribution in [0.3, 0.4) is 0 Å². The van der Waals surface area contributed by atoms with Crippen LogP contribution in [0, 0.1) is 0 Å². The van der Waals surface area contributed by atoms with E-state index in [1.807, 2.05) is 18.2 Å². The third-order valence-electron chi connectivity index (χ3n) is 3.64. The van der Waals surface area contributed by atoms with Crippen molar-refractivity contribution in [3.8, 4) is 0 Å². The molecular formula is C16H13Cl2NO2. The van der Waals surface area contributed by atoms with Crippen LogP contribution in [0.5, 0.6) is 0 Å². The fourth-order valence-electron chi connectivity index (χ4n) is 2.63. The largest absolute Gasteiger partial charge is 0.457 e. The number of hydrogen-bond donors (Lipinski definition) is 0. The Balaban J connectivity index is 1.96. The number of aromatic nitrogens is 1. The van der Waals surface area contributed by atoms with Gasteiger partial charge in [0.25, 0.3) is 0 Å². The summed E-state index contributed by atoms with van der Waals surface area (Å²) in [5.41, 5.74) is 1.91. The van der Waals surface area contributed by atoms with Crippen molar-refractivity contribution in [1.82, 2.24) is 4.98 Å². The average molecular weight is 322 g/mol. The van der Waals surface area contributed by atoms with E-state index in [0.717, 1.165) is 11.1 Å².